The molecule has 0 bridgehead atoms. The highest BCUT2D eigenvalue weighted by atomic mass is 16.1. The molecule has 0 radical (unpaired) electrons. The number of hydrogen-bond donors (Lipinski definition) is 1. The predicted molar refractivity (Wildman–Crippen MR) is 52.0 cm³/mol. The van der Waals surface area contributed by atoms with E-state index in [1.165, 1.54) is 12.5 Å². The number of aromatic nitrogens is 3. The summed E-state index contributed by atoms with van der Waals surface area (Å²) in [6.07, 6.45) is 4.54. The second-order valence-corrected chi connectivity index (χ2v) is 2.73. The van der Waals surface area contributed by atoms with E-state index >= 15 is 0 Å². The molecule has 0 aromatic carbocycles. The molecule has 70 valence electrons. The summed E-state index contributed by atoms with van der Waals surface area (Å²) in [5, 5.41) is 0. The van der Waals surface area contributed by atoms with E-state index in [4.69, 9.17) is 5.73 Å². The van der Waals surface area contributed by atoms with Crippen molar-refractivity contribution in [2.45, 2.75) is 0 Å². The molecule has 0 atom stereocenters. The van der Waals surface area contributed by atoms with Gasteiger partial charge in [0.2, 0.25) is 0 Å². The van der Waals surface area contributed by atoms with Gasteiger partial charge in [-0.15, -0.1) is 0 Å². The van der Waals surface area contributed by atoms with Crippen LogP contribution < -0.4 is 11.3 Å². The number of hydrogen-bond acceptors (Lipinski definition) is 4. The normalized spacial score (nSPS) is 10.0. The van der Waals surface area contributed by atoms with Crippen molar-refractivity contribution in [2.24, 2.45) is 0 Å². The van der Waals surface area contributed by atoms with Crippen LogP contribution in [0, 0.1) is 0 Å². The fourth-order valence-corrected chi connectivity index (χ4v) is 1.06. The molecule has 0 unspecified atom stereocenters. The average Bonchev–Trinajstić information content (AvgIpc) is 2.23. The van der Waals surface area contributed by atoms with Gasteiger partial charge in [0, 0.05) is 12.4 Å². The Hall–Kier alpha value is -2.17. The van der Waals surface area contributed by atoms with Crippen molar-refractivity contribution in [1.82, 2.24) is 14.5 Å². The van der Waals surface area contributed by atoms with E-state index in [9.17, 15) is 4.79 Å². The molecular weight excluding hydrogens is 180 g/mol. The summed E-state index contributed by atoms with van der Waals surface area (Å²) in [7, 11) is 0. The highest BCUT2D eigenvalue weighted by Gasteiger charge is 1.98. The van der Waals surface area contributed by atoms with Gasteiger partial charge in [0.05, 0.1) is 0 Å². The standard InChI is InChI=1S/C9H8N4O/c10-7-5-13(6-12-9(7)14)8-3-1-2-4-11-8/h1-6H,10H2. The van der Waals surface area contributed by atoms with Gasteiger partial charge in [0.1, 0.15) is 17.8 Å². The second kappa shape index (κ2) is 3.29. The third-order valence-electron chi connectivity index (χ3n) is 1.74. The largest absolute Gasteiger partial charge is 0.393 e. The van der Waals surface area contributed by atoms with E-state index in [-0.39, 0.29) is 5.69 Å². The highest BCUT2D eigenvalue weighted by molar-refractivity contribution is 5.34. The summed E-state index contributed by atoms with van der Waals surface area (Å²) in [6.45, 7) is 0. The number of nitrogens with two attached hydrogens (primary N) is 1. The molecule has 5 nitrogen and oxygen atoms in total. The van der Waals surface area contributed by atoms with Gasteiger partial charge < -0.3 is 5.73 Å². The lowest BCUT2D eigenvalue weighted by atomic mass is 10.4. The Morgan fingerprint density at radius 1 is 1.29 bits per heavy atom. The van der Waals surface area contributed by atoms with E-state index in [1.54, 1.807) is 16.8 Å². The molecule has 0 aliphatic heterocycles. The van der Waals surface area contributed by atoms with Gasteiger partial charge in [0.15, 0.2) is 0 Å². The van der Waals surface area contributed by atoms with Crippen LogP contribution in [-0.4, -0.2) is 14.5 Å². The van der Waals surface area contributed by atoms with E-state index in [2.05, 4.69) is 9.97 Å². The third kappa shape index (κ3) is 1.47. The van der Waals surface area contributed by atoms with Crippen LogP contribution in [0.4, 0.5) is 5.69 Å². The predicted octanol–water partition coefficient (Wildman–Crippen LogP) is 0.210. The van der Waals surface area contributed by atoms with Crippen LogP contribution in [-0.2, 0) is 0 Å². The molecule has 2 aromatic heterocycles. The van der Waals surface area contributed by atoms with Crippen LogP contribution in [0.25, 0.3) is 5.82 Å². The van der Waals surface area contributed by atoms with E-state index in [1.807, 2.05) is 12.1 Å². The summed E-state index contributed by atoms with van der Waals surface area (Å²) in [4.78, 5) is 18.6. The topological polar surface area (TPSA) is 73.8 Å². The summed E-state index contributed by atoms with van der Waals surface area (Å²) in [5.41, 5.74) is 5.12. The Kier molecular flexibility index (Phi) is 1.98. The maximum Gasteiger partial charge on any atom is 0.295 e. The fraction of sp³-hybridized carbons (Fsp3) is 0. The van der Waals surface area contributed by atoms with Gasteiger partial charge in [-0.2, -0.15) is 4.98 Å². The molecule has 14 heavy (non-hydrogen) atoms. The zero-order valence-corrected chi connectivity index (χ0v) is 7.29. The summed E-state index contributed by atoms with van der Waals surface area (Å²) < 4.78 is 1.59. The molecule has 0 saturated carbocycles. The molecule has 0 fully saturated rings. The first-order valence-electron chi connectivity index (χ1n) is 4.02. The molecular formula is C9H8N4O. The van der Waals surface area contributed by atoms with Gasteiger partial charge in [-0.1, -0.05) is 6.07 Å². The minimum atomic E-state index is -0.419. The Morgan fingerprint density at radius 2 is 2.14 bits per heavy atom. The Balaban J connectivity index is 2.54. The molecule has 0 spiro atoms. The molecule has 2 heterocycles. The molecule has 5 heteroatoms. The van der Waals surface area contributed by atoms with Gasteiger partial charge in [-0.3, -0.25) is 9.36 Å². The molecule has 2 aromatic rings. The Morgan fingerprint density at radius 3 is 2.79 bits per heavy atom. The molecule has 2 N–H and O–H groups in total. The molecule has 2 rings (SSSR count). The van der Waals surface area contributed by atoms with Crippen molar-refractivity contribution in [3.05, 3.63) is 47.3 Å². The van der Waals surface area contributed by atoms with E-state index in [0.717, 1.165) is 0 Å². The zero-order chi connectivity index (χ0) is 9.97. The van der Waals surface area contributed by atoms with Crippen LogP contribution in [0.1, 0.15) is 0 Å². The highest BCUT2D eigenvalue weighted by Crippen LogP contribution is 2.01. The lowest BCUT2D eigenvalue weighted by Crippen LogP contribution is -2.14. The third-order valence-corrected chi connectivity index (χ3v) is 1.74. The minimum Gasteiger partial charge on any atom is -0.393 e. The van der Waals surface area contributed by atoms with Crippen LogP contribution in [0.2, 0.25) is 0 Å². The first kappa shape index (κ1) is 8.43. The second-order valence-electron chi connectivity index (χ2n) is 2.73. The maximum absolute atomic E-state index is 10.9. The van der Waals surface area contributed by atoms with Crippen molar-refractivity contribution in [3.63, 3.8) is 0 Å². The van der Waals surface area contributed by atoms with E-state index in [0.29, 0.717) is 5.82 Å². The molecule has 0 aliphatic carbocycles. The number of nitrogen functional groups attached to an aromatic ring is 1. The van der Waals surface area contributed by atoms with Crippen molar-refractivity contribution >= 4 is 5.69 Å². The zero-order valence-electron chi connectivity index (χ0n) is 7.29. The summed E-state index contributed by atoms with van der Waals surface area (Å²) >= 11 is 0. The van der Waals surface area contributed by atoms with Gasteiger partial charge >= 0.3 is 0 Å². The Labute approximate surface area is 79.9 Å². The number of nitrogens with zero attached hydrogens (tertiary/aromatic N) is 3. The lowest BCUT2D eigenvalue weighted by molar-refractivity contribution is 0.929. The van der Waals surface area contributed by atoms with Crippen LogP contribution in [0.3, 0.4) is 0 Å². The number of rotatable bonds is 1. The average molecular weight is 188 g/mol. The SMILES string of the molecule is Nc1cn(-c2ccccn2)cnc1=O. The van der Waals surface area contributed by atoms with Crippen LogP contribution in [0.15, 0.2) is 41.7 Å². The molecule has 0 aliphatic rings. The quantitative estimate of drug-likeness (QED) is 0.694. The van der Waals surface area contributed by atoms with Gasteiger partial charge in [-0.05, 0) is 12.1 Å². The first-order valence-corrected chi connectivity index (χ1v) is 4.02. The lowest BCUT2D eigenvalue weighted by Gasteiger charge is -2.03. The van der Waals surface area contributed by atoms with Crippen molar-refractivity contribution in [1.29, 1.82) is 0 Å². The van der Waals surface area contributed by atoms with Crippen LogP contribution >= 0.6 is 0 Å². The monoisotopic (exact) mass is 188 g/mol. The smallest absolute Gasteiger partial charge is 0.295 e. The number of pyridine rings is 1. The summed E-state index contributed by atoms with van der Waals surface area (Å²) in [5.74, 6) is 0.673. The summed E-state index contributed by atoms with van der Waals surface area (Å²) in [6, 6.07) is 5.45. The van der Waals surface area contributed by atoms with Gasteiger partial charge in [0.25, 0.3) is 5.56 Å². The van der Waals surface area contributed by atoms with E-state index < -0.39 is 5.56 Å². The van der Waals surface area contributed by atoms with Crippen molar-refractivity contribution < 1.29 is 0 Å². The molecule has 0 amide bonds. The Bertz CT molecular complexity index is 492. The maximum atomic E-state index is 10.9. The van der Waals surface area contributed by atoms with Crippen molar-refractivity contribution in [2.75, 3.05) is 5.73 Å². The van der Waals surface area contributed by atoms with Crippen molar-refractivity contribution in [3.8, 4) is 5.82 Å². The first-order chi connectivity index (χ1) is 6.77. The van der Waals surface area contributed by atoms with Gasteiger partial charge in [-0.25, -0.2) is 4.98 Å². The molecule has 0 saturated heterocycles. The van der Waals surface area contributed by atoms with Crippen LogP contribution in [0.5, 0.6) is 0 Å². The minimum absolute atomic E-state index is 0.109. The fourth-order valence-electron chi connectivity index (χ4n) is 1.06. The number of anilines is 1.